The molecule has 0 unspecified atom stereocenters. The van der Waals surface area contributed by atoms with Gasteiger partial charge in [-0.3, -0.25) is 4.79 Å². The molecule has 1 saturated carbocycles. The third-order valence-corrected chi connectivity index (χ3v) is 7.09. The van der Waals surface area contributed by atoms with Crippen LogP contribution in [-0.4, -0.2) is 5.91 Å². The lowest BCUT2D eigenvalue weighted by Crippen LogP contribution is -2.30. The molecule has 0 aromatic heterocycles. The molecule has 184 valence electrons. The number of hydrogen-bond donors (Lipinski definition) is 0. The van der Waals surface area contributed by atoms with Gasteiger partial charge in [-0.2, -0.15) is 13.2 Å². The third-order valence-electron chi connectivity index (χ3n) is 6.23. The maximum absolute atomic E-state index is 14.0. The van der Waals surface area contributed by atoms with Gasteiger partial charge in [-0.25, -0.2) is 0 Å². The van der Waals surface area contributed by atoms with E-state index >= 15 is 0 Å². The van der Waals surface area contributed by atoms with E-state index in [1.807, 2.05) is 12.1 Å². The molecular formula is C27H24Cl2F3NO2. The molecule has 3 aromatic rings. The first-order valence-corrected chi connectivity index (χ1v) is 12.1. The number of benzene rings is 3. The fourth-order valence-corrected chi connectivity index (χ4v) is 4.41. The molecule has 1 amide bonds. The van der Waals surface area contributed by atoms with Crippen LogP contribution >= 0.6 is 23.2 Å². The van der Waals surface area contributed by atoms with Gasteiger partial charge in [-0.1, -0.05) is 60.8 Å². The minimum Gasteiger partial charge on any atom is -0.457 e. The lowest BCUT2D eigenvalue weighted by Gasteiger charge is -2.26. The van der Waals surface area contributed by atoms with E-state index in [0.717, 1.165) is 18.9 Å². The Morgan fingerprint density at radius 3 is 2.37 bits per heavy atom. The second kappa shape index (κ2) is 10.5. The molecule has 0 N–H and O–H groups in total. The van der Waals surface area contributed by atoms with Gasteiger partial charge in [0.1, 0.15) is 17.1 Å². The van der Waals surface area contributed by atoms with Crippen LogP contribution < -0.4 is 9.64 Å². The summed E-state index contributed by atoms with van der Waals surface area (Å²) in [5.74, 6) is 0.152. The molecule has 0 atom stereocenters. The highest BCUT2D eigenvalue weighted by Gasteiger charge is 2.36. The first-order valence-electron chi connectivity index (χ1n) is 11.4. The Labute approximate surface area is 212 Å². The fourth-order valence-electron chi connectivity index (χ4n) is 4.03. The Balaban J connectivity index is 1.65. The zero-order chi connectivity index (χ0) is 25.2. The monoisotopic (exact) mass is 521 g/mol. The van der Waals surface area contributed by atoms with E-state index in [4.69, 9.17) is 27.9 Å². The highest BCUT2D eigenvalue weighted by molar-refractivity contribution is 6.42. The minimum absolute atomic E-state index is 0.0216. The zero-order valence-corrected chi connectivity index (χ0v) is 20.6. The van der Waals surface area contributed by atoms with Crippen molar-refractivity contribution in [2.24, 2.45) is 0 Å². The van der Waals surface area contributed by atoms with Crippen LogP contribution in [0.2, 0.25) is 10.0 Å². The first kappa shape index (κ1) is 25.4. The average molecular weight is 522 g/mol. The number of nitrogens with zero attached hydrogens (tertiary/aromatic N) is 1. The first-order chi connectivity index (χ1) is 16.7. The standard InChI is InChI=1S/C27H24Cl2F3NO2/c1-2-25(34)33(16-19-7-4-8-23(28)26(19)29)20-11-14-24(22(15-20)27(30,31)32)35-21-12-9-18(10-13-21)17-5-3-6-17/h4,7-15,17H,2-3,5-6,16H2,1H3. The van der Waals surface area contributed by atoms with Crippen molar-refractivity contribution < 1.29 is 22.7 Å². The highest BCUT2D eigenvalue weighted by atomic mass is 35.5. The van der Waals surface area contributed by atoms with Crippen molar-refractivity contribution in [3.63, 3.8) is 0 Å². The number of hydrogen-bond acceptors (Lipinski definition) is 2. The largest absolute Gasteiger partial charge is 0.457 e. The van der Waals surface area contributed by atoms with E-state index in [9.17, 15) is 18.0 Å². The van der Waals surface area contributed by atoms with Crippen LogP contribution in [0.25, 0.3) is 0 Å². The molecular weight excluding hydrogens is 498 g/mol. The average Bonchev–Trinajstić information content (AvgIpc) is 2.79. The molecule has 1 aliphatic rings. The van der Waals surface area contributed by atoms with E-state index in [1.165, 1.54) is 29.0 Å². The molecule has 0 radical (unpaired) electrons. The molecule has 1 fully saturated rings. The predicted molar refractivity (Wildman–Crippen MR) is 132 cm³/mol. The van der Waals surface area contributed by atoms with E-state index < -0.39 is 11.7 Å². The van der Waals surface area contributed by atoms with Crippen molar-refractivity contribution in [2.45, 2.75) is 51.2 Å². The molecule has 0 heterocycles. The van der Waals surface area contributed by atoms with Gasteiger partial charge in [0, 0.05) is 12.1 Å². The SMILES string of the molecule is CCC(=O)N(Cc1cccc(Cl)c1Cl)c1ccc(Oc2ccc(C3CCC3)cc2)c(C(F)(F)F)c1. The van der Waals surface area contributed by atoms with Crippen LogP contribution in [0.5, 0.6) is 11.5 Å². The third kappa shape index (κ3) is 5.76. The number of carbonyl (C=O) groups excluding carboxylic acids is 1. The maximum Gasteiger partial charge on any atom is 0.420 e. The van der Waals surface area contributed by atoms with Gasteiger partial charge in [0.15, 0.2) is 0 Å². The second-order valence-corrected chi connectivity index (χ2v) is 9.31. The smallest absolute Gasteiger partial charge is 0.420 e. The van der Waals surface area contributed by atoms with Gasteiger partial charge >= 0.3 is 6.18 Å². The highest BCUT2D eigenvalue weighted by Crippen LogP contribution is 2.42. The molecule has 3 aromatic carbocycles. The zero-order valence-electron chi connectivity index (χ0n) is 19.0. The minimum atomic E-state index is -4.69. The van der Waals surface area contributed by atoms with Crippen LogP contribution in [0.15, 0.2) is 60.7 Å². The number of amides is 1. The lowest BCUT2D eigenvalue weighted by molar-refractivity contribution is -0.138. The van der Waals surface area contributed by atoms with Crippen molar-refractivity contribution in [3.8, 4) is 11.5 Å². The van der Waals surface area contributed by atoms with Gasteiger partial charge in [0.05, 0.1) is 16.6 Å². The van der Waals surface area contributed by atoms with Crippen molar-refractivity contribution in [1.29, 1.82) is 0 Å². The summed E-state index contributed by atoms with van der Waals surface area (Å²) in [5.41, 5.74) is 0.821. The Hall–Kier alpha value is -2.70. The molecule has 0 bridgehead atoms. The van der Waals surface area contributed by atoms with Crippen molar-refractivity contribution >= 4 is 34.8 Å². The summed E-state index contributed by atoms with van der Waals surface area (Å²) in [5, 5.41) is 0.556. The summed E-state index contributed by atoms with van der Waals surface area (Å²) in [6.07, 6.45) is -1.12. The van der Waals surface area contributed by atoms with Crippen molar-refractivity contribution in [3.05, 3.63) is 87.4 Å². The fraction of sp³-hybridized carbons (Fsp3) is 0.296. The second-order valence-electron chi connectivity index (χ2n) is 8.52. The quantitative estimate of drug-likeness (QED) is 0.310. The maximum atomic E-state index is 14.0. The lowest BCUT2D eigenvalue weighted by atomic mass is 9.80. The van der Waals surface area contributed by atoms with Crippen LogP contribution in [0, 0.1) is 0 Å². The Kier molecular flexibility index (Phi) is 7.62. The number of ether oxygens (including phenoxy) is 1. The molecule has 35 heavy (non-hydrogen) atoms. The topological polar surface area (TPSA) is 29.5 Å². The van der Waals surface area contributed by atoms with E-state index in [0.29, 0.717) is 22.3 Å². The van der Waals surface area contributed by atoms with E-state index in [2.05, 4.69) is 0 Å². The normalized spacial score (nSPS) is 13.9. The van der Waals surface area contributed by atoms with Crippen molar-refractivity contribution in [2.75, 3.05) is 4.90 Å². The van der Waals surface area contributed by atoms with Crippen LogP contribution in [0.3, 0.4) is 0 Å². The van der Waals surface area contributed by atoms with Gasteiger partial charge in [-0.05, 0) is 66.3 Å². The van der Waals surface area contributed by atoms with Gasteiger partial charge in [-0.15, -0.1) is 0 Å². The van der Waals surface area contributed by atoms with Crippen LogP contribution in [0.4, 0.5) is 18.9 Å². The molecule has 0 saturated heterocycles. The summed E-state index contributed by atoms with van der Waals surface area (Å²) in [7, 11) is 0. The Morgan fingerprint density at radius 1 is 1.06 bits per heavy atom. The number of alkyl halides is 3. The number of halogens is 5. The molecule has 0 spiro atoms. The van der Waals surface area contributed by atoms with Crippen LogP contribution in [0.1, 0.15) is 55.2 Å². The van der Waals surface area contributed by atoms with Crippen molar-refractivity contribution in [1.82, 2.24) is 0 Å². The Bertz CT molecular complexity index is 1210. The van der Waals surface area contributed by atoms with Crippen LogP contribution in [-0.2, 0) is 17.5 Å². The number of rotatable bonds is 7. The van der Waals surface area contributed by atoms with Gasteiger partial charge in [0.25, 0.3) is 0 Å². The summed E-state index contributed by atoms with van der Waals surface area (Å²) >= 11 is 12.3. The molecule has 3 nitrogen and oxygen atoms in total. The summed E-state index contributed by atoms with van der Waals surface area (Å²) < 4.78 is 47.7. The van der Waals surface area contributed by atoms with E-state index in [1.54, 1.807) is 37.3 Å². The predicted octanol–water partition coefficient (Wildman–Crippen LogP) is 9.02. The number of anilines is 1. The summed E-state index contributed by atoms with van der Waals surface area (Å²) in [6.45, 7) is 1.62. The molecule has 0 aliphatic heterocycles. The molecule has 8 heteroatoms. The number of carbonyl (C=O) groups is 1. The van der Waals surface area contributed by atoms with E-state index in [-0.39, 0.29) is 35.3 Å². The Morgan fingerprint density at radius 2 is 1.77 bits per heavy atom. The van der Waals surface area contributed by atoms with Gasteiger partial charge in [0.2, 0.25) is 5.91 Å². The van der Waals surface area contributed by atoms with Gasteiger partial charge < -0.3 is 9.64 Å². The molecule has 4 rings (SSSR count). The summed E-state index contributed by atoms with van der Waals surface area (Å²) in [6, 6.07) is 15.8. The summed E-state index contributed by atoms with van der Waals surface area (Å²) in [4.78, 5) is 14.0. The molecule has 1 aliphatic carbocycles.